The molecule has 2 aromatic rings. The number of imide groups is 1. The molecule has 2 fully saturated rings. The van der Waals surface area contributed by atoms with Gasteiger partial charge < -0.3 is 5.32 Å². The molecule has 160 valence electrons. The van der Waals surface area contributed by atoms with Gasteiger partial charge in [-0.15, -0.1) is 0 Å². The summed E-state index contributed by atoms with van der Waals surface area (Å²) in [7, 11) is 0. The molecular weight excluding hydrogens is 390 g/mol. The lowest BCUT2D eigenvalue weighted by Crippen LogP contribution is -2.47. The summed E-state index contributed by atoms with van der Waals surface area (Å²) in [6, 6.07) is 15.3. The smallest absolute Gasteiger partial charge is 0.323 e. The quantitative estimate of drug-likeness (QED) is 0.748. The fourth-order valence-corrected chi connectivity index (χ4v) is 5.25. The largest absolute Gasteiger partial charge is 0.325 e. The maximum atomic E-state index is 13.6. The van der Waals surface area contributed by atoms with Gasteiger partial charge in [0.15, 0.2) is 0 Å². The normalized spacial score (nSPS) is 20.0. The van der Waals surface area contributed by atoms with Gasteiger partial charge in [0, 0.05) is 0 Å². The minimum absolute atomic E-state index is 0.246. The minimum Gasteiger partial charge on any atom is -0.323 e. The van der Waals surface area contributed by atoms with Crippen LogP contribution in [0.3, 0.4) is 0 Å². The molecule has 0 radical (unpaired) electrons. The van der Waals surface area contributed by atoms with Crippen molar-refractivity contribution >= 4 is 29.2 Å². The highest BCUT2D eigenvalue weighted by atomic mass is 16.2. The van der Waals surface area contributed by atoms with E-state index in [1.807, 2.05) is 48.5 Å². The van der Waals surface area contributed by atoms with Gasteiger partial charge in [-0.25, -0.2) is 4.79 Å². The van der Waals surface area contributed by atoms with Crippen molar-refractivity contribution in [2.24, 2.45) is 0 Å². The van der Waals surface area contributed by atoms with Gasteiger partial charge in [-0.2, -0.15) is 0 Å². The number of amides is 4. The second-order valence-electron chi connectivity index (χ2n) is 8.80. The summed E-state index contributed by atoms with van der Waals surface area (Å²) in [5, 5.41) is 2.93. The van der Waals surface area contributed by atoms with Gasteiger partial charge >= 0.3 is 6.03 Å². The number of nitrogens with zero attached hydrogens (tertiary/aromatic N) is 2. The molecule has 0 atom stereocenters. The van der Waals surface area contributed by atoms with Crippen LogP contribution in [0.15, 0.2) is 48.5 Å². The third-order valence-electron chi connectivity index (χ3n) is 6.87. The van der Waals surface area contributed by atoms with Gasteiger partial charge in [-0.3, -0.25) is 19.4 Å². The van der Waals surface area contributed by atoms with Crippen molar-refractivity contribution in [1.29, 1.82) is 0 Å². The lowest BCUT2D eigenvalue weighted by Gasteiger charge is -2.27. The Bertz CT molecular complexity index is 992. The van der Waals surface area contributed by atoms with Crippen molar-refractivity contribution < 1.29 is 14.4 Å². The molecule has 4 amide bonds. The van der Waals surface area contributed by atoms with E-state index < -0.39 is 11.6 Å². The summed E-state index contributed by atoms with van der Waals surface area (Å²) in [5.41, 5.74) is 3.00. The van der Waals surface area contributed by atoms with Crippen molar-refractivity contribution in [2.75, 3.05) is 11.4 Å². The average molecular weight is 418 g/mol. The zero-order valence-electron chi connectivity index (χ0n) is 17.6. The Kier molecular flexibility index (Phi) is 5.00. The molecule has 1 saturated heterocycles. The first-order chi connectivity index (χ1) is 15.1. The highest BCUT2D eigenvalue weighted by molar-refractivity contribution is 6.12. The number of hydrogen-bond donors (Lipinski definition) is 1. The predicted molar refractivity (Wildman–Crippen MR) is 118 cm³/mol. The topological polar surface area (TPSA) is 69.7 Å². The maximum absolute atomic E-state index is 13.6. The number of carbonyl (C=O) groups is 3. The van der Waals surface area contributed by atoms with Gasteiger partial charge in [-0.1, -0.05) is 62.1 Å². The molecule has 0 unspecified atom stereocenters. The molecule has 0 bridgehead atoms. The Labute approximate surface area is 182 Å². The first-order valence-electron chi connectivity index (χ1n) is 11.2. The highest BCUT2D eigenvalue weighted by Gasteiger charge is 2.51. The molecule has 6 heteroatoms. The van der Waals surface area contributed by atoms with Gasteiger partial charge in [0.05, 0.1) is 11.4 Å². The molecule has 31 heavy (non-hydrogen) atoms. The Hall–Kier alpha value is -3.15. The van der Waals surface area contributed by atoms with E-state index in [9.17, 15) is 14.4 Å². The third-order valence-corrected chi connectivity index (χ3v) is 6.87. The van der Waals surface area contributed by atoms with E-state index >= 15 is 0 Å². The Morgan fingerprint density at radius 3 is 1.97 bits per heavy atom. The molecule has 2 aromatic carbocycles. The van der Waals surface area contributed by atoms with E-state index in [2.05, 4.69) is 5.32 Å². The van der Waals surface area contributed by atoms with Gasteiger partial charge in [-0.05, 0) is 48.9 Å². The first kappa shape index (κ1) is 19.8. The Morgan fingerprint density at radius 1 is 0.839 bits per heavy atom. The van der Waals surface area contributed by atoms with E-state index in [0.717, 1.165) is 65.9 Å². The fourth-order valence-electron chi connectivity index (χ4n) is 5.25. The summed E-state index contributed by atoms with van der Waals surface area (Å²) in [5.74, 6) is -0.514. The average Bonchev–Trinajstić information content (AvgIpc) is 3.00. The maximum Gasteiger partial charge on any atom is 0.325 e. The van der Waals surface area contributed by atoms with E-state index in [-0.39, 0.29) is 18.4 Å². The van der Waals surface area contributed by atoms with Crippen LogP contribution in [0.5, 0.6) is 0 Å². The van der Waals surface area contributed by atoms with Crippen molar-refractivity contribution in [3.8, 4) is 0 Å². The van der Waals surface area contributed by atoms with Crippen LogP contribution in [0.4, 0.5) is 16.2 Å². The van der Waals surface area contributed by atoms with E-state index in [4.69, 9.17) is 0 Å². The van der Waals surface area contributed by atoms with Crippen molar-refractivity contribution in [3.63, 3.8) is 0 Å². The molecule has 5 rings (SSSR count). The highest BCUT2D eigenvalue weighted by Crippen LogP contribution is 2.37. The number of hydrogen-bond acceptors (Lipinski definition) is 3. The van der Waals surface area contributed by atoms with Crippen LogP contribution in [0, 0.1) is 0 Å². The number of fused-ring (bicyclic) bond motifs is 2. The zero-order valence-corrected chi connectivity index (χ0v) is 17.6. The summed E-state index contributed by atoms with van der Waals surface area (Å²) in [4.78, 5) is 42.5. The van der Waals surface area contributed by atoms with E-state index in [1.54, 1.807) is 4.90 Å². The summed E-state index contributed by atoms with van der Waals surface area (Å²) in [6.07, 6.45) is 6.96. The molecule has 0 aromatic heterocycles. The fraction of sp³-hybridized carbons (Fsp3) is 0.400. The molecule has 1 spiro atoms. The Balaban J connectivity index is 1.47. The molecule has 1 N–H and O–H groups in total. The molecule has 2 heterocycles. The molecule has 6 nitrogen and oxygen atoms in total. The zero-order chi connectivity index (χ0) is 21.4. The van der Waals surface area contributed by atoms with Crippen LogP contribution < -0.4 is 10.2 Å². The molecule has 3 aliphatic rings. The lowest BCUT2D eigenvalue weighted by molar-refractivity contribution is -0.134. The second kappa shape index (κ2) is 7.84. The molecule has 2 aliphatic heterocycles. The summed E-state index contributed by atoms with van der Waals surface area (Å²) < 4.78 is 0. The Morgan fingerprint density at radius 2 is 1.39 bits per heavy atom. The SMILES string of the molecule is O=C1NC2(CCCCCC2)C(=O)N1CC(=O)N1c2ccccc2CCc2ccccc21. The summed E-state index contributed by atoms with van der Waals surface area (Å²) in [6.45, 7) is -0.255. The second-order valence-corrected chi connectivity index (χ2v) is 8.80. The van der Waals surface area contributed by atoms with Crippen LogP contribution in [-0.2, 0) is 22.4 Å². The number of carbonyl (C=O) groups excluding carboxylic acids is 3. The number of para-hydroxylation sites is 2. The van der Waals surface area contributed by atoms with Crippen LogP contribution in [0.25, 0.3) is 0 Å². The predicted octanol–water partition coefficient (Wildman–Crippen LogP) is 4.09. The van der Waals surface area contributed by atoms with E-state index in [1.165, 1.54) is 0 Å². The van der Waals surface area contributed by atoms with Crippen molar-refractivity contribution in [1.82, 2.24) is 10.2 Å². The molecular formula is C25H27N3O3. The van der Waals surface area contributed by atoms with E-state index in [0.29, 0.717) is 12.8 Å². The monoisotopic (exact) mass is 417 g/mol. The van der Waals surface area contributed by atoms with Gasteiger partial charge in [0.2, 0.25) is 0 Å². The van der Waals surface area contributed by atoms with Crippen LogP contribution >= 0.6 is 0 Å². The number of urea groups is 1. The van der Waals surface area contributed by atoms with Crippen LogP contribution in [0.1, 0.15) is 49.7 Å². The number of nitrogens with one attached hydrogen (secondary N) is 1. The van der Waals surface area contributed by atoms with Gasteiger partial charge in [0.25, 0.3) is 11.8 Å². The summed E-state index contributed by atoms with van der Waals surface area (Å²) >= 11 is 0. The standard InChI is InChI=1S/C25H27N3O3/c29-22(17-27-23(30)25(26-24(27)31)15-7-1-2-8-16-25)28-20-11-5-3-9-18(20)13-14-19-10-4-6-12-21(19)28/h3-6,9-12H,1-2,7-8,13-17H2,(H,26,31). The number of aryl methyl sites for hydroxylation is 2. The first-order valence-corrected chi connectivity index (χ1v) is 11.2. The molecule has 1 saturated carbocycles. The molecule has 1 aliphatic carbocycles. The van der Waals surface area contributed by atoms with Crippen molar-refractivity contribution in [3.05, 3.63) is 59.7 Å². The van der Waals surface area contributed by atoms with Gasteiger partial charge in [0.1, 0.15) is 12.1 Å². The third kappa shape index (κ3) is 3.40. The minimum atomic E-state index is -0.831. The van der Waals surface area contributed by atoms with Crippen LogP contribution in [0.2, 0.25) is 0 Å². The number of rotatable bonds is 2. The number of benzene rings is 2. The van der Waals surface area contributed by atoms with Crippen LogP contribution in [-0.4, -0.2) is 34.8 Å². The van der Waals surface area contributed by atoms with Crippen molar-refractivity contribution in [2.45, 2.75) is 56.9 Å². The lowest BCUT2D eigenvalue weighted by atomic mass is 9.90. The number of anilines is 2.